The lowest BCUT2D eigenvalue weighted by atomic mass is 9.99. The van der Waals surface area contributed by atoms with Gasteiger partial charge in [-0.15, -0.1) is 0 Å². The third-order valence-corrected chi connectivity index (χ3v) is 5.26. The number of amides is 1. The molecule has 2 fully saturated rings. The molecule has 5 nitrogen and oxygen atoms in total. The number of hydrogen-bond donors (Lipinski definition) is 1. The summed E-state index contributed by atoms with van der Waals surface area (Å²) in [7, 11) is 1.89. The van der Waals surface area contributed by atoms with Gasteiger partial charge in [0.1, 0.15) is 0 Å². The van der Waals surface area contributed by atoms with Gasteiger partial charge in [0.2, 0.25) is 5.91 Å². The molecule has 0 spiro atoms. The monoisotopic (exact) mass is 296 g/mol. The highest BCUT2D eigenvalue weighted by atomic mass is 16.4. The highest BCUT2D eigenvalue weighted by Crippen LogP contribution is 2.33. The van der Waals surface area contributed by atoms with Gasteiger partial charge in [0.05, 0.1) is 5.92 Å². The number of nitrogens with zero attached hydrogens (tertiary/aromatic N) is 2. The second-order valence-electron chi connectivity index (χ2n) is 6.86. The van der Waals surface area contributed by atoms with Gasteiger partial charge >= 0.3 is 5.97 Å². The average molecular weight is 296 g/mol. The molecule has 0 radical (unpaired) electrons. The van der Waals surface area contributed by atoms with Gasteiger partial charge in [0, 0.05) is 38.1 Å². The SMILES string of the molecule is CC(C)N1CCC(N(C)C(=O)[C@@H]2CC[C@H](C(=O)O)C2)CC1. The van der Waals surface area contributed by atoms with E-state index in [9.17, 15) is 9.59 Å². The number of rotatable bonds is 4. The largest absolute Gasteiger partial charge is 0.481 e. The van der Waals surface area contributed by atoms with Crippen molar-refractivity contribution in [3.63, 3.8) is 0 Å². The fourth-order valence-electron chi connectivity index (χ4n) is 3.69. The standard InChI is InChI=1S/C16H28N2O3/c1-11(2)18-8-6-14(7-9-18)17(3)15(19)12-4-5-13(10-12)16(20)21/h11-14H,4-10H2,1-3H3,(H,20,21)/t12-,13+/m1/s1. The van der Waals surface area contributed by atoms with E-state index in [0.29, 0.717) is 24.9 Å². The molecule has 120 valence electrons. The number of piperidine rings is 1. The minimum absolute atomic E-state index is 0.0840. The van der Waals surface area contributed by atoms with Crippen LogP contribution in [-0.4, -0.2) is 59.0 Å². The van der Waals surface area contributed by atoms with Crippen molar-refractivity contribution in [1.82, 2.24) is 9.80 Å². The molecule has 1 saturated carbocycles. The van der Waals surface area contributed by atoms with E-state index >= 15 is 0 Å². The molecule has 1 N–H and O–H groups in total. The first-order valence-electron chi connectivity index (χ1n) is 8.13. The summed E-state index contributed by atoms with van der Waals surface area (Å²) in [6.07, 6.45) is 3.94. The predicted octanol–water partition coefficient (Wildman–Crippen LogP) is 1.82. The molecule has 1 aliphatic carbocycles. The molecule has 2 atom stereocenters. The van der Waals surface area contributed by atoms with Crippen molar-refractivity contribution in [3.05, 3.63) is 0 Å². The van der Waals surface area contributed by atoms with Crippen LogP contribution < -0.4 is 0 Å². The average Bonchev–Trinajstić information content (AvgIpc) is 2.96. The highest BCUT2D eigenvalue weighted by molar-refractivity contribution is 5.81. The van der Waals surface area contributed by atoms with Crippen molar-refractivity contribution >= 4 is 11.9 Å². The Morgan fingerprint density at radius 2 is 1.67 bits per heavy atom. The summed E-state index contributed by atoms with van der Waals surface area (Å²) < 4.78 is 0. The Bertz CT molecular complexity index is 389. The van der Waals surface area contributed by atoms with E-state index in [1.165, 1.54) is 0 Å². The summed E-state index contributed by atoms with van der Waals surface area (Å²) in [4.78, 5) is 27.9. The third kappa shape index (κ3) is 3.76. The normalized spacial score (nSPS) is 28.0. The van der Waals surface area contributed by atoms with Crippen molar-refractivity contribution in [3.8, 4) is 0 Å². The first-order chi connectivity index (χ1) is 9.90. The third-order valence-electron chi connectivity index (χ3n) is 5.26. The number of carboxylic acids is 1. The maximum atomic E-state index is 12.5. The Labute approximate surface area is 127 Å². The van der Waals surface area contributed by atoms with Crippen LogP contribution in [0.5, 0.6) is 0 Å². The van der Waals surface area contributed by atoms with E-state index in [0.717, 1.165) is 32.4 Å². The summed E-state index contributed by atoms with van der Waals surface area (Å²) in [5.74, 6) is -1.01. The van der Waals surface area contributed by atoms with Gasteiger partial charge in [-0.2, -0.15) is 0 Å². The Hall–Kier alpha value is -1.10. The summed E-state index contributed by atoms with van der Waals surface area (Å²) in [5, 5.41) is 9.05. The summed E-state index contributed by atoms with van der Waals surface area (Å²) >= 11 is 0. The van der Waals surface area contributed by atoms with Gasteiger partial charge in [0.15, 0.2) is 0 Å². The first kappa shape index (κ1) is 16.3. The van der Waals surface area contributed by atoms with Crippen LogP contribution in [0.1, 0.15) is 46.0 Å². The van der Waals surface area contributed by atoms with Crippen molar-refractivity contribution in [1.29, 1.82) is 0 Å². The summed E-state index contributed by atoms with van der Waals surface area (Å²) in [6.45, 7) is 6.50. The number of carbonyl (C=O) groups is 2. The van der Waals surface area contributed by atoms with E-state index < -0.39 is 5.97 Å². The smallest absolute Gasteiger partial charge is 0.306 e. The van der Waals surface area contributed by atoms with Crippen LogP contribution in [0, 0.1) is 11.8 Å². The fraction of sp³-hybridized carbons (Fsp3) is 0.875. The van der Waals surface area contributed by atoms with E-state index in [-0.39, 0.29) is 17.7 Å². The van der Waals surface area contributed by atoms with Crippen LogP contribution in [0.15, 0.2) is 0 Å². The van der Waals surface area contributed by atoms with Crippen LogP contribution in [0.3, 0.4) is 0 Å². The maximum Gasteiger partial charge on any atom is 0.306 e. The van der Waals surface area contributed by atoms with Gasteiger partial charge in [-0.1, -0.05) is 0 Å². The van der Waals surface area contributed by atoms with Crippen LogP contribution in [-0.2, 0) is 9.59 Å². The molecule has 2 rings (SSSR count). The summed E-state index contributed by atoms with van der Waals surface area (Å²) in [6, 6.07) is 0.884. The molecule has 1 heterocycles. The molecule has 21 heavy (non-hydrogen) atoms. The minimum Gasteiger partial charge on any atom is -0.481 e. The van der Waals surface area contributed by atoms with E-state index in [4.69, 9.17) is 5.11 Å². The van der Waals surface area contributed by atoms with Gasteiger partial charge < -0.3 is 14.9 Å². The number of carboxylic acid groups (broad SMARTS) is 1. The quantitative estimate of drug-likeness (QED) is 0.859. The molecule has 0 unspecified atom stereocenters. The van der Waals surface area contributed by atoms with E-state index in [2.05, 4.69) is 18.7 Å². The molecule has 0 aromatic heterocycles. The number of likely N-dealkylation sites (tertiary alicyclic amines) is 1. The maximum absolute atomic E-state index is 12.5. The molecule has 0 aromatic rings. The first-order valence-corrected chi connectivity index (χ1v) is 8.13. The second-order valence-corrected chi connectivity index (χ2v) is 6.86. The number of carbonyl (C=O) groups excluding carboxylic acids is 1. The van der Waals surface area contributed by atoms with Crippen molar-refractivity contribution in [2.75, 3.05) is 20.1 Å². The molecule has 2 aliphatic rings. The zero-order chi connectivity index (χ0) is 15.6. The van der Waals surface area contributed by atoms with Crippen LogP contribution in [0.25, 0.3) is 0 Å². The topological polar surface area (TPSA) is 60.9 Å². The Kier molecular flexibility index (Phi) is 5.25. The lowest BCUT2D eigenvalue weighted by molar-refractivity contribution is -0.142. The Balaban J connectivity index is 1.85. The molecule has 0 bridgehead atoms. The van der Waals surface area contributed by atoms with E-state index in [1.54, 1.807) is 0 Å². The molecule has 5 heteroatoms. The number of aliphatic carboxylic acids is 1. The van der Waals surface area contributed by atoms with Gasteiger partial charge in [-0.05, 0) is 46.0 Å². The zero-order valence-electron chi connectivity index (χ0n) is 13.4. The molecule has 1 aliphatic heterocycles. The summed E-state index contributed by atoms with van der Waals surface area (Å²) in [5.41, 5.74) is 0. The lowest BCUT2D eigenvalue weighted by Gasteiger charge is -2.39. The fourth-order valence-corrected chi connectivity index (χ4v) is 3.69. The molecule has 1 saturated heterocycles. The zero-order valence-corrected chi connectivity index (χ0v) is 13.4. The Morgan fingerprint density at radius 3 is 2.14 bits per heavy atom. The molecular weight excluding hydrogens is 268 g/mol. The predicted molar refractivity (Wildman–Crippen MR) is 81.0 cm³/mol. The van der Waals surface area contributed by atoms with Crippen LogP contribution in [0.2, 0.25) is 0 Å². The molecular formula is C16H28N2O3. The van der Waals surface area contributed by atoms with Crippen LogP contribution in [0.4, 0.5) is 0 Å². The second kappa shape index (κ2) is 6.77. The van der Waals surface area contributed by atoms with Gasteiger partial charge in [0.25, 0.3) is 0 Å². The van der Waals surface area contributed by atoms with Gasteiger partial charge in [-0.25, -0.2) is 0 Å². The van der Waals surface area contributed by atoms with Gasteiger partial charge in [-0.3, -0.25) is 9.59 Å². The number of hydrogen-bond acceptors (Lipinski definition) is 3. The van der Waals surface area contributed by atoms with Crippen molar-refractivity contribution < 1.29 is 14.7 Å². The Morgan fingerprint density at radius 1 is 1.10 bits per heavy atom. The van der Waals surface area contributed by atoms with Crippen molar-refractivity contribution in [2.45, 2.75) is 58.0 Å². The van der Waals surface area contributed by atoms with Crippen molar-refractivity contribution in [2.24, 2.45) is 11.8 Å². The highest BCUT2D eigenvalue weighted by Gasteiger charge is 2.37. The van der Waals surface area contributed by atoms with Crippen LogP contribution >= 0.6 is 0 Å². The lowest BCUT2D eigenvalue weighted by Crippen LogP contribution is -2.48. The molecule has 1 amide bonds. The molecule has 0 aromatic carbocycles. The van der Waals surface area contributed by atoms with E-state index in [1.807, 2.05) is 11.9 Å². The minimum atomic E-state index is -0.752.